The van der Waals surface area contributed by atoms with E-state index in [1.807, 2.05) is 12.1 Å². The number of rotatable bonds is 5. The van der Waals surface area contributed by atoms with E-state index >= 15 is 0 Å². The van der Waals surface area contributed by atoms with Crippen molar-refractivity contribution in [1.82, 2.24) is 0 Å². The van der Waals surface area contributed by atoms with Gasteiger partial charge in [0.1, 0.15) is 22.7 Å². The van der Waals surface area contributed by atoms with Crippen molar-refractivity contribution in [2.45, 2.75) is 38.5 Å². The molecule has 57 heavy (non-hydrogen) atoms. The molecule has 2 heterocycles. The molecule has 11 rings (SSSR count). The molecular formula is C54H41NO2. The number of ether oxygens (including phenoxy) is 1. The molecular weight excluding hydrogens is 695 g/mol. The van der Waals surface area contributed by atoms with Crippen LogP contribution in [0.1, 0.15) is 49.9 Å². The van der Waals surface area contributed by atoms with Crippen LogP contribution in [0.2, 0.25) is 0 Å². The molecule has 9 aromatic rings. The Hall–Kier alpha value is -6.84. The lowest BCUT2D eigenvalue weighted by Crippen LogP contribution is -2.24. The summed E-state index contributed by atoms with van der Waals surface area (Å²) >= 11 is 0. The summed E-state index contributed by atoms with van der Waals surface area (Å²) in [5.41, 5.74) is 17.1. The number of fused-ring (bicyclic) bond motifs is 9. The molecule has 274 valence electrons. The minimum absolute atomic E-state index is 0.0998. The fourth-order valence-corrected chi connectivity index (χ4v) is 9.44. The van der Waals surface area contributed by atoms with Gasteiger partial charge >= 0.3 is 0 Å². The normalized spacial score (nSPS) is 14.4. The van der Waals surface area contributed by atoms with Gasteiger partial charge in [0.25, 0.3) is 0 Å². The van der Waals surface area contributed by atoms with Gasteiger partial charge in [-0.15, -0.1) is 0 Å². The SMILES string of the molecule is CC1(C)c2ccccc2-c2ccc(N(c3ccc(-c4ccccc4)cc3)c3ccc(-c4ccc5c(c4)C(C)(C)c4ccc6oc7ccccc7c6c4O5)cc3)cc21. The van der Waals surface area contributed by atoms with Crippen molar-refractivity contribution in [2.75, 3.05) is 4.90 Å². The van der Waals surface area contributed by atoms with E-state index < -0.39 is 0 Å². The topological polar surface area (TPSA) is 25.6 Å². The zero-order valence-electron chi connectivity index (χ0n) is 32.5. The Kier molecular flexibility index (Phi) is 7.25. The van der Waals surface area contributed by atoms with Gasteiger partial charge in [0, 0.05) is 44.4 Å². The van der Waals surface area contributed by atoms with Gasteiger partial charge in [-0.05, 0) is 105 Å². The van der Waals surface area contributed by atoms with Crippen molar-refractivity contribution in [3.63, 3.8) is 0 Å². The van der Waals surface area contributed by atoms with Crippen LogP contribution in [0.3, 0.4) is 0 Å². The summed E-state index contributed by atoms with van der Waals surface area (Å²) in [5, 5.41) is 2.12. The van der Waals surface area contributed by atoms with E-state index in [-0.39, 0.29) is 10.8 Å². The molecule has 0 unspecified atom stereocenters. The summed E-state index contributed by atoms with van der Waals surface area (Å²) in [6, 6.07) is 63.5. The van der Waals surface area contributed by atoms with E-state index in [4.69, 9.17) is 9.15 Å². The standard InChI is InChI=1S/C54H41NO2/c1-53(2)44-16-10-8-14-41(44)42-28-27-40(33-46(42)53)55(38-23-18-35(19-24-38)34-12-6-5-7-13-34)39-25-20-36(21-26-39)37-22-30-49-47(32-37)54(3,4)45-29-31-50-51(52(45)57-49)43-15-9-11-17-48(43)56-50/h5-33H,1-4H3. The molecule has 0 radical (unpaired) electrons. The smallest absolute Gasteiger partial charge is 0.143 e. The highest BCUT2D eigenvalue weighted by Gasteiger charge is 2.37. The second kappa shape index (κ2) is 12.3. The second-order valence-electron chi connectivity index (χ2n) is 16.5. The second-order valence-corrected chi connectivity index (χ2v) is 16.5. The summed E-state index contributed by atoms with van der Waals surface area (Å²) in [5.74, 6) is 1.78. The van der Waals surface area contributed by atoms with Crippen LogP contribution < -0.4 is 9.64 Å². The van der Waals surface area contributed by atoms with Crippen LogP contribution >= 0.6 is 0 Å². The van der Waals surface area contributed by atoms with E-state index in [0.717, 1.165) is 67.2 Å². The first-order valence-corrected chi connectivity index (χ1v) is 19.8. The van der Waals surface area contributed by atoms with Crippen molar-refractivity contribution in [3.8, 4) is 44.9 Å². The molecule has 0 spiro atoms. The Labute approximate surface area is 333 Å². The summed E-state index contributed by atoms with van der Waals surface area (Å²) in [4.78, 5) is 2.39. The fraction of sp³-hybridized carbons (Fsp3) is 0.111. The van der Waals surface area contributed by atoms with E-state index in [9.17, 15) is 0 Å². The summed E-state index contributed by atoms with van der Waals surface area (Å²) in [7, 11) is 0. The van der Waals surface area contributed by atoms with Crippen molar-refractivity contribution in [2.24, 2.45) is 0 Å². The maximum Gasteiger partial charge on any atom is 0.143 e. The molecule has 0 saturated heterocycles. The van der Waals surface area contributed by atoms with Crippen molar-refractivity contribution >= 4 is 39.0 Å². The first-order valence-electron chi connectivity index (χ1n) is 19.8. The molecule has 1 aliphatic carbocycles. The third kappa shape index (κ3) is 5.12. The minimum Gasteiger partial charge on any atom is -0.456 e. The lowest BCUT2D eigenvalue weighted by Gasteiger charge is -2.35. The van der Waals surface area contributed by atoms with Gasteiger partial charge in [-0.3, -0.25) is 0 Å². The highest BCUT2D eigenvalue weighted by atomic mass is 16.5. The van der Waals surface area contributed by atoms with Crippen LogP contribution in [0, 0.1) is 0 Å². The molecule has 0 fully saturated rings. The van der Waals surface area contributed by atoms with Gasteiger partial charge in [-0.1, -0.05) is 143 Å². The molecule has 0 bridgehead atoms. The Morgan fingerprint density at radius 2 is 1.00 bits per heavy atom. The predicted molar refractivity (Wildman–Crippen MR) is 235 cm³/mol. The number of hydrogen-bond donors (Lipinski definition) is 0. The van der Waals surface area contributed by atoms with Crippen LogP contribution in [0.15, 0.2) is 180 Å². The monoisotopic (exact) mass is 735 g/mol. The Morgan fingerprint density at radius 1 is 0.404 bits per heavy atom. The molecule has 2 aliphatic rings. The molecule has 1 aromatic heterocycles. The third-order valence-corrected chi connectivity index (χ3v) is 12.6. The highest BCUT2D eigenvalue weighted by Crippen LogP contribution is 2.54. The zero-order chi connectivity index (χ0) is 38.5. The van der Waals surface area contributed by atoms with E-state index in [0.29, 0.717) is 0 Å². The first-order chi connectivity index (χ1) is 27.8. The van der Waals surface area contributed by atoms with E-state index in [1.54, 1.807) is 0 Å². The minimum atomic E-state index is -0.283. The molecule has 8 aromatic carbocycles. The Morgan fingerprint density at radius 3 is 1.77 bits per heavy atom. The lowest BCUT2D eigenvalue weighted by molar-refractivity contribution is 0.423. The van der Waals surface area contributed by atoms with Gasteiger partial charge in [0.2, 0.25) is 0 Å². The fourth-order valence-electron chi connectivity index (χ4n) is 9.44. The summed E-state index contributed by atoms with van der Waals surface area (Å²) < 4.78 is 13.0. The third-order valence-electron chi connectivity index (χ3n) is 12.6. The average molecular weight is 736 g/mol. The van der Waals surface area contributed by atoms with E-state index in [2.05, 4.69) is 196 Å². The summed E-state index contributed by atoms with van der Waals surface area (Å²) in [6.07, 6.45) is 0. The molecule has 0 amide bonds. The Balaban J connectivity index is 0.976. The number of benzene rings is 8. The maximum absolute atomic E-state index is 6.77. The molecule has 0 N–H and O–H groups in total. The molecule has 1 aliphatic heterocycles. The lowest BCUT2D eigenvalue weighted by atomic mass is 9.74. The van der Waals surface area contributed by atoms with Gasteiger partial charge < -0.3 is 14.1 Å². The van der Waals surface area contributed by atoms with Gasteiger partial charge in [0.15, 0.2) is 0 Å². The van der Waals surface area contributed by atoms with Gasteiger partial charge in [0.05, 0.1) is 5.39 Å². The zero-order valence-corrected chi connectivity index (χ0v) is 32.5. The number of para-hydroxylation sites is 1. The van der Waals surface area contributed by atoms with Crippen LogP contribution in [-0.2, 0) is 10.8 Å². The van der Waals surface area contributed by atoms with Crippen LogP contribution in [0.4, 0.5) is 17.1 Å². The van der Waals surface area contributed by atoms with Crippen LogP contribution in [0.25, 0.3) is 55.3 Å². The van der Waals surface area contributed by atoms with Crippen molar-refractivity contribution in [1.29, 1.82) is 0 Å². The molecule has 0 atom stereocenters. The number of anilines is 3. The molecule has 3 heteroatoms. The molecule has 0 saturated carbocycles. The van der Waals surface area contributed by atoms with Gasteiger partial charge in [-0.25, -0.2) is 0 Å². The van der Waals surface area contributed by atoms with Crippen LogP contribution in [0.5, 0.6) is 11.5 Å². The Bertz CT molecular complexity index is 3020. The van der Waals surface area contributed by atoms with Crippen molar-refractivity contribution in [3.05, 3.63) is 198 Å². The number of hydrogen-bond acceptors (Lipinski definition) is 3. The number of furan rings is 1. The average Bonchev–Trinajstić information content (AvgIpc) is 3.74. The molecule has 3 nitrogen and oxygen atoms in total. The predicted octanol–water partition coefficient (Wildman–Crippen LogP) is 15.1. The largest absolute Gasteiger partial charge is 0.456 e. The maximum atomic E-state index is 6.77. The van der Waals surface area contributed by atoms with Crippen molar-refractivity contribution < 1.29 is 9.15 Å². The van der Waals surface area contributed by atoms with Crippen LogP contribution in [-0.4, -0.2) is 0 Å². The summed E-state index contributed by atoms with van der Waals surface area (Å²) in [6.45, 7) is 9.29. The quantitative estimate of drug-likeness (QED) is 0.176. The highest BCUT2D eigenvalue weighted by molar-refractivity contribution is 6.09. The first kappa shape index (κ1) is 33.5. The van der Waals surface area contributed by atoms with Gasteiger partial charge in [-0.2, -0.15) is 0 Å². The van der Waals surface area contributed by atoms with E-state index in [1.165, 1.54) is 38.9 Å². The number of nitrogens with zero attached hydrogens (tertiary/aromatic N) is 1.